The number of carbonyl (C=O) groups is 1. The number of benzene rings is 3. The molecule has 0 aliphatic carbocycles. The summed E-state index contributed by atoms with van der Waals surface area (Å²) in [6.07, 6.45) is -0.414. The van der Waals surface area contributed by atoms with Crippen LogP contribution in [0.15, 0.2) is 63.5 Å². The van der Waals surface area contributed by atoms with Crippen molar-refractivity contribution in [2.45, 2.75) is 6.61 Å². The minimum atomic E-state index is -0.414. The van der Waals surface area contributed by atoms with Crippen LogP contribution in [0.25, 0.3) is 0 Å². The molecular weight excluding hydrogens is 611 g/mol. The van der Waals surface area contributed by atoms with Crippen LogP contribution in [0.4, 0.5) is 16.2 Å². The Bertz CT molecular complexity index is 1180. The van der Waals surface area contributed by atoms with E-state index in [0.29, 0.717) is 41.2 Å². The zero-order chi connectivity index (χ0) is 24.1. The molecule has 3 aromatic carbocycles. The summed E-state index contributed by atoms with van der Waals surface area (Å²) in [6.45, 7) is 2.60. The third-order valence-electron chi connectivity index (χ3n) is 4.94. The molecule has 3 aromatic rings. The molecule has 34 heavy (non-hydrogen) atoms. The first-order valence-electron chi connectivity index (χ1n) is 10.4. The Labute approximate surface area is 224 Å². The number of ether oxygens (including phenoxy) is 3. The SMILES string of the molecule is Clc1cc(Br)c2c(c1)NCCO2.O=C(OCc1ccccc1)N1CCOc2c(Br)cc(Cl)cc21. The summed E-state index contributed by atoms with van der Waals surface area (Å²) in [4.78, 5) is 13.9. The second kappa shape index (κ2) is 11.5. The van der Waals surface area contributed by atoms with Crippen molar-refractivity contribution in [2.24, 2.45) is 0 Å². The van der Waals surface area contributed by atoms with E-state index >= 15 is 0 Å². The number of hydrogen-bond acceptors (Lipinski definition) is 5. The summed E-state index contributed by atoms with van der Waals surface area (Å²) < 4.78 is 18.0. The molecule has 2 heterocycles. The molecule has 1 amide bonds. The Kier molecular flexibility index (Phi) is 8.47. The molecule has 178 valence electrons. The van der Waals surface area contributed by atoms with E-state index < -0.39 is 6.09 Å². The van der Waals surface area contributed by atoms with Crippen molar-refractivity contribution in [3.8, 4) is 11.5 Å². The highest BCUT2D eigenvalue weighted by Crippen LogP contribution is 2.41. The van der Waals surface area contributed by atoms with Gasteiger partial charge < -0.3 is 19.5 Å². The van der Waals surface area contributed by atoms with Gasteiger partial charge in [-0.1, -0.05) is 53.5 Å². The second-order valence-corrected chi connectivity index (χ2v) is 9.90. The molecule has 2 aliphatic heterocycles. The number of nitrogens with zero attached hydrogens (tertiary/aromatic N) is 1. The molecule has 5 rings (SSSR count). The van der Waals surface area contributed by atoms with Crippen LogP contribution in [-0.2, 0) is 11.3 Å². The molecule has 0 atom stereocenters. The fourth-order valence-corrected chi connectivity index (χ4v) is 5.25. The molecule has 0 fully saturated rings. The lowest BCUT2D eigenvalue weighted by Crippen LogP contribution is -2.38. The maximum absolute atomic E-state index is 12.3. The average Bonchev–Trinajstić information content (AvgIpc) is 2.83. The van der Waals surface area contributed by atoms with Crippen molar-refractivity contribution >= 4 is 72.5 Å². The molecule has 0 unspecified atom stereocenters. The van der Waals surface area contributed by atoms with Crippen molar-refractivity contribution in [3.05, 3.63) is 79.2 Å². The third kappa shape index (κ3) is 6.10. The molecule has 0 spiro atoms. The quantitative estimate of drug-likeness (QED) is 0.317. The Morgan fingerprint density at radius 2 is 1.65 bits per heavy atom. The molecule has 0 bridgehead atoms. The number of rotatable bonds is 2. The molecule has 2 aliphatic rings. The standard InChI is InChI=1S/C16H13BrClNO3.C8H7BrClNO/c17-13-8-12(18)9-14-15(13)21-7-6-19(14)16(20)22-10-11-4-2-1-3-5-11;9-6-3-5(10)4-7-8(6)12-2-1-11-7/h1-5,8-9H,6-7,10H2;3-4,11H,1-2H2. The van der Waals surface area contributed by atoms with Crippen LogP contribution in [0.1, 0.15) is 5.56 Å². The second-order valence-electron chi connectivity index (χ2n) is 7.32. The zero-order valence-electron chi connectivity index (χ0n) is 17.8. The molecule has 10 heteroatoms. The Morgan fingerprint density at radius 3 is 2.41 bits per heavy atom. The summed E-state index contributed by atoms with van der Waals surface area (Å²) in [7, 11) is 0. The van der Waals surface area contributed by atoms with Crippen molar-refractivity contribution in [1.29, 1.82) is 0 Å². The topological polar surface area (TPSA) is 60.0 Å². The number of halogens is 4. The van der Waals surface area contributed by atoms with Crippen LogP contribution in [-0.4, -0.2) is 32.4 Å². The van der Waals surface area contributed by atoms with Gasteiger partial charge in [-0.05, 0) is 61.7 Å². The zero-order valence-corrected chi connectivity index (χ0v) is 22.5. The highest BCUT2D eigenvalue weighted by atomic mass is 79.9. The van der Waals surface area contributed by atoms with Gasteiger partial charge in [0.2, 0.25) is 0 Å². The number of carbonyl (C=O) groups excluding carboxylic acids is 1. The van der Waals surface area contributed by atoms with Gasteiger partial charge >= 0.3 is 6.09 Å². The summed E-state index contributed by atoms with van der Waals surface area (Å²) in [5, 5.41) is 4.44. The van der Waals surface area contributed by atoms with Gasteiger partial charge in [-0.2, -0.15) is 0 Å². The first-order chi connectivity index (χ1) is 16.4. The van der Waals surface area contributed by atoms with Gasteiger partial charge in [-0.3, -0.25) is 4.90 Å². The molecule has 0 saturated heterocycles. The maximum atomic E-state index is 12.3. The predicted octanol–water partition coefficient (Wildman–Crippen LogP) is 7.54. The van der Waals surface area contributed by atoms with Crippen molar-refractivity contribution in [2.75, 3.05) is 36.5 Å². The van der Waals surface area contributed by atoms with Crippen LogP contribution < -0.4 is 19.7 Å². The van der Waals surface area contributed by atoms with E-state index in [9.17, 15) is 4.79 Å². The third-order valence-corrected chi connectivity index (χ3v) is 6.55. The number of anilines is 2. The minimum absolute atomic E-state index is 0.230. The maximum Gasteiger partial charge on any atom is 0.414 e. The molecular formula is C24H20Br2Cl2N2O4. The van der Waals surface area contributed by atoms with Crippen LogP contribution >= 0.6 is 55.1 Å². The van der Waals surface area contributed by atoms with E-state index in [1.165, 1.54) is 0 Å². The van der Waals surface area contributed by atoms with E-state index in [0.717, 1.165) is 32.5 Å². The van der Waals surface area contributed by atoms with Gasteiger partial charge in [-0.15, -0.1) is 0 Å². The lowest BCUT2D eigenvalue weighted by atomic mass is 10.2. The number of amides is 1. The van der Waals surface area contributed by atoms with Crippen LogP contribution in [0.2, 0.25) is 10.0 Å². The highest BCUT2D eigenvalue weighted by molar-refractivity contribution is 9.11. The molecule has 6 nitrogen and oxygen atoms in total. The monoisotopic (exact) mass is 628 g/mol. The van der Waals surface area contributed by atoms with E-state index in [1.54, 1.807) is 17.0 Å². The lowest BCUT2D eigenvalue weighted by molar-refractivity contribution is 0.144. The molecule has 0 radical (unpaired) electrons. The van der Waals surface area contributed by atoms with Crippen LogP contribution in [0.5, 0.6) is 11.5 Å². The molecule has 0 aromatic heterocycles. The van der Waals surface area contributed by atoms with Crippen molar-refractivity contribution < 1.29 is 19.0 Å². The summed E-state index contributed by atoms with van der Waals surface area (Å²) in [6, 6.07) is 16.7. The largest absolute Gasteiger partial charge is 0.488 e. The van der Waals surface area contributed by atoms with Gasteiger partial charge in [0.1, 0.15) is 19.8 Å². The van der Waals surface area contributed by atoms with E-state index in [1.807, 2.05) is 42.5 Å². The number of nitrogens with one attached hydrogen (secondary N) is 1. The number of hydrogen-bond donors (Lipinski definition) is 1. The predicted molar refractivity (Wildman–Crippen MR) is 142 cm³/mol. The first kappa shape index (κ1) is 25.0. The summed E-state index contributed by atoms with van der Waals surface area (Å²) >= 11 is 18.7. The average molecular weight is 631 g/mol. The Balaban J connectivity index is 0.000000192. The smallest absolute Gasteiger partial charge is 0.414 e. The van der Waals surface area contributed by atoms with E-state index in [4.69, 9.17) is 37.4 Å². The summed E-state index contributed by atoms with van der Waals surface area (Å²) in [5.74, 6) is 1.46. The van der Waals surface area contributed by atoms with Crippen molar-refractivity contribution in [1.82, 2.24) is 0 Å². The van der Waals surface area contributed by atoms with Gasteiger partial charge in [0, 0.05) is 16.6 Å². The Hall–Kier alpha value is -2.13. The lowest BCUT2D eigenvalue weighted by Gasteiger charge is -2.29. The first-order valence-corrected chi connectivity index (χ1v) is 12.7. The van der Waals surface area contributed by atoms with Gasteiger partial charge in [-0.25, -0.2) is 4.79 Å². The summed E-state index contributed by atoms with van der Waals surface area (Å²) in [5.41, 5.74) is 2.51. The van der Waals surface area contributed by atoms with Crippen LogP contribution in [0, 0.1) is 0 Å². The highest BCUT2D eigenvalue weighted by Gasteiger charge is 2.27. The van der Waals surface area contributed by atoms with Gasteiger partial charge in [0.05, 0.1) is 26.9 Å². The molecule has 0 saturated carbocycles. The normalized spacial score (nSPS) is 13.7. The van der Waals surface area contributed by atoms with Crippen molar-refractivity contribution in [3.63, 3.8) is 0 Å². The van der Waals surface area contributed by atoms with E-state index in [-0.39, 0.29) is 6.61 Å². The fraction of sp³-hybridized carbons (Fsp3) is 0.208. The Morgan fingerprint density at radius 1 is 0.971 bits per heavy atom. The van der Waals surface area contributed by atoms with E-state index in [2.05, 4.69) is 37.2 Å². The van der Waals surface area contributed by atoms with Gasteiger partial charge in [0.15, 0.2) is 11.5 Å². The van der Waals surface area contributed by atoms with Gasteiger partial charge in [0.25, 0.3) is 0 Å². The molecule has 1 N–H and O–H groups in total. The number of fused-ring (bicyclic) bond motifs is 2. The van der Waals surface area contributed by atoms with Crippen LogP contribution in [0.3, 0.4) is 0 Å². The fourth-order valence-electron chi connectivity index (χ4n) is 3.41. The minimum Gasteiger partial charge on any atom is -0.488 e.